The molecule has 4 N–H and O–H groups in total. The Morgan fingerprint density at radius 3 is 1.91 bits per heavy atom. The van der Waals surface area contributed by atoms with Gasteiger partial charge in [0.25, 0.3) is 0 Å². The largest absolute Gasteiger partial charge is 0.462 e. The Hall–Kier alpha value is -2.86. The molecule has 10 nitrogen and oxygen atoms in total. The Labute approximate surface area is 319 Å². The van der Waals surface area contributed by atoms with Crippen LogP contribution in [0.5, 0.6) is 0 Å². The lowest BCUT2D eigenvalue weighted by molar-refractivity contribution is -0.305. The summed E-state index contributed by atoms with van der Waals surface area (Å²) >= 11 is 0. The maximum Gasteiger partial charge on any atom is 0.306 e. The van der Waals surface area contributed by atoms with E-state index in [0.29, 0.717) is 12.8 Å². The van der Waals surface area contributed by atoms with E-state index < -0.39 is 55.4 Å². The van der Waals surface area contributed by atoms with Gasteiger partial charge in [-0.1, -0.05) is 138 Å². The van der Waals surface area contributed by atoms with Crippen molar-refractivity contribution in [3.05, 3.63) is 72.9 Å². The Morgan fingerprint density at radius 2 is 1.23 bits per heavy atom. The summed E-state index contributed by atoms with van der Waals surface area (Å²) < 4.78 is 22.0. The smallest absolute Gasteiger partial charge is 0.306 e. The van der Waals surface area contributed by atoms with Gasteiger partial charge in [0.15, 0.2) is 12.4 Å². The molecule has 1 aliphatic heterocycles. The van der Waals surface area contributed by atoms with Crippen LogP contribution in [-0.4, -0.2) is 89.0 Å². The van der Waals surface area contributed by atoms with Crippen molar-refractivity contribution in [2.24, 2.45) is 0 Å². The Morgan fingerprint density at radius 1 is 0.623 bits per heavy atom. The molecule has 0 saturated carbocycles. The van der Waals surface area contributed by atoms with Crippen LogP contribution in [0.15, 0.2) is 72.9 Å². The predicted molar refractivity (Wildman–Crippen MR) is 210 cm³/mol. The zero-order valence-electron chi connectivity index (χ0n) is 32.5. The molecule has 1 heterocycles. The van der Waals surface area contributed by atoms with Crippen molar-refractivity contribution in [3.63, 3.8) is 0 Å². The molecular formula is C43H70O10. The lowest BCUT2D eigenvalue weighted by Crippen LogP contribution is -2.59. The minimum Gasteiger partial charge on any atom is -0.462 e. The van der Waals surface area contributed by atoms with Gasteiger partial charge in [-0.3, -0.25) is 9.59 Å². The van der Waals surface area contributed by atoms with E-state index in [9.17, 15) is 30.0 Å². The molecule has 302 valence electrons. The van der Waals surface area contributed by atoms with Crippen molar-refractivity contribution >= 4 is 11.9 Å². The van der Waals surface area contributed by atoms with E-state index in [1.165, 1.54) is 38.5 Å². The van der Waals surface area contributed by atoms with Gasteiger partial charge >= 0.3 is 11.9 Å². The van der Waals surface area contributed by atoms with Crippen LogP contribution < -0.4 is 0 Å². The number of allylic oxidation sites excluding steroid dienone is 12. The highest BCUT2D eigenvalue weighted by molar-refractivity contribution is 5.70. The molecule has 0 radical (unpaired) electrons. The number of hydrogen-bond donors (Lipinski definition) is 4. The lowest BCUT2D eigenvalue weighted by atomic mass is 9.99. The fraction of sp³-hybridized carbons (Fsp3) is 0.674. The minimum absolute atomic E-state index is 0.114. The third-order valence-corrected chi connectivity index (χ3v) is 8.68. The number of carbonyl (C=O) groups is 2. The number of esters is 2. The molecule has 0 spiro atoms. The van der Waals surface area contributed by atoms with Gasteiger partial charge < -0.3 is 39.4 Å². The maximum absolute atomic E-state index is 12.7. The van der Waals surface area contributed by atoms with E-state index in [1.54, 1.807) is 0 Å². The minimum atomic E-state index is -1.61. The molecule has 3 unspecified atom stereocenters. The van der Waals surface area contributed by atoms with Crippen LogP contribution in [-0.2, 0) is 28.5 Å². The van der Waals surface area contributed by atoms with Gasteiger partial charge in [-0.15, -0.1) is 0 Å². The van der Waals surface area contributed by atoms with Crippen molar-refractivity contribution in [1.82, 2.24) is 0 Å². The summed E-state index contributed by atoms with van der Waals surface area (Å²) in [6, 6.07) is 0. The van der Waals surface area contributed by atoms with E-state index in [-0.39, 0.29) is 26.1 Å². The fourth-order valence-corrected chi connectivity index (χ4v) is 5.48. The van der Waals surface area contributed by atoms with E-state index in [2.05, 4.69) is 44.2 Å². The summed E-state index contributed by atoms with van der Waals surface area (Å²) in [5.41, 5.74) is 0. The molecule has 6 atom stereocenters. The van der Waals surface area contributed by atoms with Crippen molar-refractivity contribution in [1.29, 1.82) is 0 Å². The number of hydrogen-bond acceptors (Lipinski definition) is 10. The molecule has 1 rings (SSSR count). The summed E-state index contributed by atoms with van der Waals surface area (Å²) in [6.07, 6.45) is 33.5. The first-order valence-electron chi connectivity index (χ1n) is 20.1. The van der Waals surface area contributed by atoms with Crippen LogP contribution in [0, 0.1) is 0 Å². The zero-order valence-corrected chi connectivity index (χ0v) is 32.5. The van der Waals surface area contributed by atoms with Crippen LogP contribution in [0.4, 0.5) is 0 Å². The van der Waals surface area contributed by atoms with E-state index in [0.717, 1.165) is 51.4 Å². The monoisotopic (exact) mass is 746 g/mol. The molecule has 10 heteroatoms. The number of ether oxygens (including phenoxy) is 4. The second-order valence-corrected chi connectivity index (χ2v) is 13.4. The summed E-state index contributed by atoms with van der Waals surface area (Å²) in [5.74, 6) is -0.922. The van der Waals surface area contributed by atoms with E-state index in [1.807, 2.05) is 42.5 Å². The first kappa shape index (κ1) is 48.2. The van der Waals surface area contributed by atoms with Crippen molar-refractivity contribution in [3.8, 4) is 0 Å². The number of aliphatic hydroxyl groups is 4. The average molecular weight is 747 g/mol. The van der Waals surface area contributed by atoms with Crippen molar-refractivity contribution in [2.45, 2.75) is 166 Å². The first-order chi connectivity index (χ1) is 25.8. The summed E-state index contributed by atoms with van der Waals surface area (Å²) in [5, 5.41) is 39.9. The highest BCUT2D eigenvalue weighted by Gasteiger charge is 2.44. The molecule has 0 amide bonds. The number of rotatable bonds is 31. The topological polar surface area (TPSA) is 152 Å². The molecule has 0 aromatic rings. The van der Waals surface area contributed by atoms with Crippen LogP contribution in [0.2, 0.25) is 0 Å². The number of unbranched alkanes of at least 4 members (excludes halogenated alkanes) is 11. The van der Waals surface area contributed by atoms with Gasteiger partial charge in [-0.05, 0) is 51.4 Å². The Balaban J connectivity index is 2.45. The maximum atomic E-state index is 12.7. The van der Waals surface area contributed by atoms with Gasteiger partial charge in [-0.2, -0.15) is 0 Å². The van der Waals surface area contributed by atoms with Gasteiger partial charge in [0.05, 0.1) is 13.2 Å². The van der Waals surface area contributed by atoms with Gasteiger partial charge in [0.1, 0.15) is 31.0 Å². The summed E-state index contributed by atoms with van der Waals surface area (Å²) in [6.45, 7) is 3.16. The van der Waals surface area contributed by atoms with Crippen molar-refractivity contribution in [2.75, 3.05) is 19.8 Å². The SMILES string of the molecule is CC/C=C/C=C/C=C/C=C/CCCCCCCC(=O)OCC(CO[C@H]1O[C@@H](CO)[C@@H](O)C(O)C1O)OC(=O)CC/C=C/C/C=C/CCCCCCCC. The molecule has 53 heavy (non-hydrogen) atoms. The molecule has 0 aromatic carbocycles. The lowest BCUT2D eigenvalue weighted by Gasteiger charge is -2.39. The van der Waals surface area contributed by atoms with E-state index >= 15 is 0 Å². The molecular weight excluding hydrogens is 676 g/mol. The highest BCUT2D eigenvalue weighted by Crippen LogP contribution is 2.22. The molecule has 1 fully saturated rings. The molecule has 1 aliphatic rings. The van der Waals surface area contributed by atoms with Gasteiger partial charge in [-0.25, -0.2) is 0 Å². The molecule has 0 aliphatic carbocycles. The zero-order chi connectivity index (χ0) is 38.8. The standard InChI is InChI=1S/C43H70O10/c1-3-5-7-9-11-13-15-17-18-20-21-23-25-27-29-31-38(45)50-34-36(35-51-43-42(49)41(48)40(47)37(33-44)53-43)52-39(46)32-30-28-26-24-22-19-16-14-12-10-8-6-4-2/h5,7,9,11,13,15,17-19,22,26,28,36-37,40-44,47-49H,3-4,6,8,10,12,14,16,20-21,23-25,27,29-35H2,1-2H3/b7-5+,11-9+,15-13+,18-17+,22-19+,28-26+/t36?,37-,40+,41?,42?,43-/m0/s1. The van der Waals surface area contributed by atoms with Gasteiger partial charge in [0.2, 0.25) is 0 Å². The number of carbonyl (C=O) groups excluding carboxylic acids is 2. The Kier molecular flexibility index (Phi) is 30.6. The highest BCUT2D eigenvalue weighted by atomic mass is 16.7. The summed E-state index contributed by atoms with van der Waals surface area (Å²) in [4.78, 5) is 25.2. The molecule has 0 bridgehead atoms. The first-order valence-corrected chi connectivity index (χ1v) is 20.1. The fourth-order valence-electron chi connectivity index (χ4n) is 5.48. The average Bonchev–Trinajstić information content (AvgIpc) is 3.15. The Bertz CT molecular complexity index is 1090. The van der Waals surface area contributed by atoms with E-state index in [4.69, 9.17) is 18.9 Å². The summed E-state index contributed by atoms with van der Waals surface area (Å²) in [7, 11) is 0. The van der Waals surface area contributed by atoms with Crippen LogP contribution in [0.3, 0.4) is 0 Å². The second kappa shape index (κ2) is 33.7. The van der Waals surface area contributed by atoms with Crippen LogP contribution in [0.25, 0.3) is 0 Å². The van der Waals surface area contributed by atoms with Crippen LogP contribution >= 0.6 is 0 Å². The molecule has 0 aromatic heterocycles. The second-order valence-electron chi connectivity index (χ2n) is 13.4. The molecule has 1 saturated heterocycles. The number of aliphatic hydroxyl groups excluding tert-OH is 4. The normalized spacial score (nSPS) is 21.7. The van der Waals surface area contributed by atoms with Gasteiger partial charge in [0, 0.05) is 12.8 Å². The van der Waals surface area contributed by atoms with Crippen molar-refractivity contribution < 1.29 is 49.0 Å². The third kappa shape index (κ3) is 25.7. The quantitative estimate of drug-likeness (QED) is 0.0241. The predicted octanol–water partition coefficient (Wildman–Crippen LogP) is 7.66. The van der Waals surface area contributed by atoms with Crippen LogP contribution in [0.1, 0.15) is 129 Å². The third-order valence-electron chi connectivity index (χ3n) is 8.68.